The van der Waals surface area contributed by atoms with Gasteiger partial charge in [0.05, 0.1) is 5.56 Å². The Labute approximate surface area is 88.1 Å². The van der Waals surface area contributed by atoms with Crippen molar-refractivity contribution in [3.05, 3.63) is 35.1 Å². The lowest BCUT2D eigenvalue weighted by molar-refractivity contribution is 0.0852. The summed E-state index contributed by atoms with van der Waals surface area (Å²) in [7, 11) is 0. The molecule has 15 heavy (non-hydrogen) atoms. The van der Waals surface area contributed by atoms with E-state index in [2.05, 4.69) is 0 Å². The molecule has 1 aliphatic rings. The van der Waals surface area contributed by atoms with Crippen molar-refractivity contribution in [2.24, 2.45) is 0 Å². The van der Waals surface area contributed by atoms with Gasteiger partial charge in [0.1, 0.15) is 5.82 Å². The van der Waals surface area contributed by atoms with E-state index in [1.54, 1.807) is 6.07 Å². The fourth-order valence-electron chi connectivity index (χ4n) is 1.92. The number of hydrogen-bond donors (Lipinski definition) is 0. The third-order valence-corrected chi connectivity index (χ3v) is 2.84. The molecule has 0 unspecified atom stereocenters. The molecule has 1 aromatic rings. The Hall–Kier alpha value is -1.22. The van der Waals surface area contributed by atoms with Gasteiger partial charge in [-0.15, -0.1) is 0 Å². The van der Waals surface area contributed by atoms with E-state index in [0.29, 0.717) is 12.2 Å². The summed E-state index contributed by atoms with van der Waals surface area (Å²) < 4.78 is 18.6. The SMILES string of the molecule is O=Cc1ccc(C2CCOCC2)cc1F. The molecule has 1 heterocycles. The average Bonchev–Trinajstić information content (AvgIpc) is 2.30. The van der Waals surface area contributed by atoms with E-state index in [-0.39, 0.29) is 5.56 Å². The second kappa shape index (κ2) is 4.53. The number of halogens is 1. The molecule has 0 bridgehead atoms. The predicted molar refractivity (Wildman–Crippen MR) is 54.6 cm³/mol. The Morgan fingerprint density at radius 2 is 2.07 bits per heavy atom. The highest BCUT2D eigenvalue weighted by molar-refractivity contribution is 5.75. The van der Waals surface area contributed by atoms with Gasteiger partial charge in [0.25, 0.3) is 0 Å². The lowest BCUT2D eigenvalue weighted by Gasteiger charge is -2.22. The van der Waals surface area contributed by atoms with E-state index in [0.717, 1.165) is 31.6 Å². The number of carbonyl (C=O) groups is 1. The van der Waals surface area contributed by atoms with Crippen molar-refractivity contribution in [3.63, 3.8) is 0 Å². The molecule has 2 nitrogen and oxygen atoms in total. The minimum atomic E-state index is -0.422. The number of hydrogen-bond acceptors (Lipinski definition) is 2. The topological polar surface area (TPSA) is 26.3 Å². The molecule has 2 rings (SSSR count). The van der Waals surface area contributed by atoms with E-state index >= 15 is 0 Å². The van der Waals surface area contributed by atoms with Gasteiger partial charge in [0, 0.05) is 13.2 Å². The first-order valence-corrected chi connectivity index (χ1v) is 5.13. The van der Waals surface area contributed by atoms with Gasteiger partial charge < -0.3 is 4.74 Å². The van der Waals surface area contributed by atoms with Gasteiger partial charge >= 0.3 is 0 Å². The normalized spacial score (nSPS) is 17.7. The molecule has 1 aromatic carbocycles. The largest absolute Gasteiger partial charge is 0.381 e. The van der Waals surface area contributed by atoms with E-state index in [1.807, 2.05) is 6.07 Å². The van der Waals surface area contributed by atoms with Gasteiger partial charge in [0.2, 0.25) is 0 Å². The quantitative estimate of drug-likeness (QED) is 0.698. The molecule has 1 fully saturated rings. The van der Waals surface area contributed by atoms with Crippen molar-refractivity contribution >= 4 is 6.29 Å². The van der Waals surface area contributed by atoms with Crippen LogP contribution in [0.15, 0.2) is 18.2 Å². The molecule has 1 saturated heterocycles. The molecule has 1 aliphatic heterocycles. The van der Waals surface area contributed by atoms with Crippen LogP contribution in [0.2, 0.25) is 0 Å². The van der Waals surface area contributed by atoms with Crippen molar-refractivity contribution in [1.29, 1.82) is 0 Å². The second-order valence-electron chi connectivity index (χ2n) is 3.79. The molecular formula is C12H13FO2. The zero-order chi connectivity index (χ0) is 10.7. The number of benzene rings is 1. The van der Waals surface area contributed by atoms with Crippen LogP contribution in [0.5, 0.6) is 0 Å². The summed E-state index contributed by atoms with van der Waals surface area (Å²) in [4.78, 5) is 10.5. The lowest BCUT2D eigenvalue weighted by atomic mass is 9.91. The van der Waals surface area contributed by atoms with Crippen molar-refractivity contribution < 1.29 is 13.9 Å². The monoisotopic (exact) mass is 208 g/mol. The molecular weight excluding hydrogens is 195 g/mol. The minimum absolute atomic E-state index is 0.130. The minimum Gasteiger partial charge on any atom is -0.381 e. The maximum atomic E-state index is 13.3. The van der Waals surface area contributed by atoms with E-state index in [4.69, 9.17) is 4.74 Å². The Kier molecular flexibility index (Phi) is 3.11. The van der Waals surface area contributed by atoms with Crippen LogP contribution in [0.4, 0.5) is 4.39 Å². The number of rotatable bonds is 2. The first-order chi connectivity index (χ1) is 7.31. The van der Waals surface area contributed by atoms with Crippen molar-refractivity contribution in [3.8, 4) is 0 Å². The van der Waals surface area contributed by atoms with Gasteiger partial charge in [-0.25, -0.2) is 4.39 Å². The average molecular weight is 208 g/mol. The number of ether oxygens (including phenoxy) is 1. The Bertz CT molecular complexity index is 357. The summed E-state index contributed by atoms with van der Waals surface area (Å²) in [6.07, 6.45) is 2.41. The van der Waals surface area contributed by atoms with Crippen LogP contribution in [0, 0.1) is 5.82 Å². The third kappa shape index (κ3) is 2.23. The molecule has 3 heteroatoms. The summed E-state index contributed by atoms with van der Waals surface area (Å²) in [5.41, 5.74) is 1.10. The maximum Gasteiger partial charge on any atom is 0.152 e. The fourth-order valence-corrected chi connectivity index (χ4v) is 1.92. The van der Waals surface area contributed by atoms with Gasteiger partial charge in [0.15, 0.2) is 6.29 Å². The maximum absolute atomic E-state index is 13.3. The highest BCUT2D eigenvalue weighted by atomic mass is 19.1. The highest BCUT2D eigenvalue weighted by Gasteiger charge is 2.16. The van der Waals surface area contributed by atoms with Crippen LogP contribution in [0.1, 0.15) is 34.7 Å². The van der Waals surface area contributed by atoms with Gasteiger partial charge in [-0.3, -0.25) is 4.79 Å². The molecule has 0 amide bonds. The first-order valence-electron chi connectivity index (χ1n) is 5.13. The van der Waals surface area contributed by atoms with E-state index in [9.17, 15) is 9.18 Å². The molecule has 0 saturated carbocycles. The Morgan fingerprint density at radius 1 is 1.33 bits per heavy atom. The first kappa shape index (κ1) is 10.3. The predicted octanol–water partition coefficient (Wildman–Crippen LogP) is 2.53. The highest BCUT2D eigenvalue weighted by Crippen LogP contribution is 2.27. The van der Waals surface area contributed by atoms with E-state index < -0.39 is 5.82 Å². The molecule has 0 N–H and O–H groups in total. The standard InChI is InChI=1S/C12H13FO2/c13-12-7-10(1-2-11(12)8-14)9-3-5-15-6-4-9/h1-2,7-9H,3-6H2. The third-order valence-electron chi connectivity index (χ3n) is 2.84. The van der Waals surface area contributed by atoms with Crippen LogP contribution in [-0.2, 0) is 4.74 Å². The van der Waals surface area contributed by atoms with Crippen molar-refractivity contribution in [2.75, 3.05) is 13.2 Å². The number of carbonyl (C=O) groups excluding carboxylic acids is 1. The molecule has 80 valence electrons. The zero-order valence-electron chi connectivity index (χ0n) is 8.41. The van der Waals surface area contributed by atoms with Crippen LogP contribution >= 0.6 is 0 Å². The second-order valence-corrected chi connectivity index (χ2v) is 3.79. The van der Waals surface area contributed by atoms with Crippen molar-refractivity contribution in [2.45, 2.75) is 18.8 Å². The number of aldehydes is 1. The summed E-state index contributed by atoms with van der Waals surface area (Å²) in [5, 5.41) is 0. The zero-order valence-corrected chi connectivity index (χ0v) is 8.41. The summed E-state index contributed by atoms with van der Waals surface area (Å²) in [6, 6.07) is 4.86. The molecule has 0 radical (unpaired) electrons. The van der Waals surface area contributed by atoms with E-state index in [1.165, 1.54) is 6.07 Å². The van der Waals surface area contributed by atoms with Gasteiger partial charge in [-0.2, -0.15) is 0 Å². The van der Waals surface area contributed by atoms with Crippen molar-refractivity contribution in [1.82, 2.24) is 0 Å². The summed E-state index contributed by atoms with van der Waals surface area (Å²) in [5.74, 6) is -0.0528. The van der Waals surface area contributed by atoms with Crippen LogP contribution < -0.4 is 0 Å². The molecule has 0 aromatic heterocycles. The summed E-state index contributed by atoms with van der Waals surface area (Å²) in [6.45, 7) is 1.48. The lowest BCUT2D eigenvalue weighted by Crippen LogP contribution is -2.14. The Balaban J connectivity index is 2.21. The fraction of sp³-hybridized carbons (Fsp3) is 0.417. The molecule has 0 atom stereocenters. The Morgan fingerprint density at radius 3 is 2.67 bits per heavy atom. The van der Waals surface area contributed by atoms with Gasteiger partial charge in [-0.05, 0) is 36.5 Å². The van der Waals surface area contributed by atoms with Gasteiger partial charge in [-0.1, -0.05) is 6.07 Å². The summed E-state index contributed by atoms with van der Waals surface area (Å²) >= 11 is 0. The van der Waals surface area contributed by atoms with Crippen LogP contribution in [0.25, 0.3) is 0 Å². The smallest absolute Gasteiger partial charge is 0.152 e. The van der Waals surface area contributed by atoms with Crippen LogP contribution in [0.3, 0.4) is 0 Å². The molecule has 0 aliphatic carbocycles. The molecule has 0 spiro atoms. The van der Waals surface area contributed by atoms with Crippen LogP contribution in [-0.4, -0.2) is 19.5 Å².